The fraction of sp³-hybridized carbons (Fsp3) is 0.941. The number of carbonyl (C=O) groups excluding carboxylic acids is 1. The minimum Gasteiger partial charge on any atom is -0.748 e. The summed E-state index contributed by atoms with van der Waals surface area (Å²) in [5.74, 6) is 0.522. The first-order valence-electron chi connectivity index (χ1n) is 9.00. The maximum atomic E-state index is 12.3. The molecule has 24 heavy (non-hydrogen) atoms. The number of carbonyl (C=O) groups is 1. The highest BCUT2D eigenvalue weighted by Crippen LogP contribution is 2.32. The van der Waals surface area contributed by atoms with Gasteiger partial charge in [0.15, 0.2) is 0 Å². The maximum absolute atomic E-state index is 12.3. The van der Waals surface area contributed by atoms with Crippen LogP contribution in [0.3, 0.4) is 0 Å². The van der Waals surface area contributed by atoms with Crippen molar-refractivity contribution in [1.29, 1.82) is 0 Å². The van der Waals surface area contributed by atoms with Crippen LogP contribution in [0.2, 0.25) is 0 Å². The monoisotopic (exact) mass is 361 g/mol. The lowest BCUT2D eigenvalue weighted by molar-refractivity contribution is -0.874. The molecule has 2 rings (SSSR count). The number of ether oxygens (including phenoxy) is 1. The van der Waals surface area contributed by atoms with Crippen LogP contribution in [0, 0.1) is 11.8 Å². The van der Waals surface area contributed by atoms with E-state index >= 15 is 0 Å². The van der Waals surface area contributed by atoms with E-state index in [0.29, 0.717) is 31.6 Å². The Hall–Kier alpha value is -0.660. The average molecular weight is 362 g/mol. The number of hydrogen-bond donors (Lipinski definition) is 0. The Kier molecular flexibility index (Phi) is 6.31. The first kappa shape index (κ1) is 19.7. The second-order valence-corrected chi connectivity index (χ2v) is 10.2. The van der Waals surface area contributed by atoms with Gasteiger partial charge in [0.1, 0.15) is 6.10 Å². The summed E-state index contributed by atoms with van der Waals surface area (Å²) in [5, 5.41) is -0.807. The third-order valence-electron chi connectivity index (χ3n) is 5.30. The number of quaternary nitrogens is 1. The van der Waals surface area contributed by atoms with Crippen LogP contribution in [0.15, 0.2) is 0 Å². The summed E-state index contributed by atoms with van der Waals surface area (Å²) in [4.78, 5) is 12.3. The molecule has 0 unspecified atom stereocenters. The van der Waals surface area contributed by atoms with Crippen LogP contribution in [0.25, 0.3) is 0 Å². The quantitative estimate of drug-likeness (QED) is 0.424. The second-order valence-electron chi connectivity index (χ2n) is 8.52. The third kappa shape index (κ3) is 6.01. The smallest absolute Gasteiger partial charge is 0.309 e. The standard InChI is InChI=1S/C17H31NO5S/c1-18(2,3)12-13-4-6-14(7-5-13)17(19)23-15-8-10-16(11-9-15)24(20,21)22/h13-16H,4-12H2,1-3H3. The molecule has 2 saturated carbocycles. The highest BCUT2D eigenvalue weighted by molar-refractivity contribution is 7.86. The van der Waals surface area contributed by atoms with Gasteiger partial charge in [-0.2, -0.15) is 0 Å². The molecule has 140 valence electrons. The largest absolute Gasteiger partial charge is 0.748 e. The van der Waals surface area contributed by atoms with Gasteiger partial charge in [-0.3, -0.25) is 4.79 Å². The summed E-state index contributed by atoms with van der Waals surface area (Å²) in [6, 6.07) is 0. The predicted octanol–water partition coefficient (Wildman–Crippen LogP) is 1.90. The van der Waals surface area contributed by atoms with Crippen molar-refractivity contribution in [1.82, 2.24) is 0 Å². The molecule has 0 atom stereocenters. The molecular weight excluding hydrogens is 330 g/mol. The van der Waals surface area contributed by atoms with Crippen LogP contribution >= 0.6 is 0 Å². The highest BCUT2D eigenvalue weighted by Gasteiger charge is 2.33. The lowest BCUT2D eigenvalue weighted by Gasteiger charge is -2.34. The van der Waals surface area contributed by atoms with E-state index in [2.05, 4.69) is 21.1 Å². The summed E-state index contributed by atoms with van der Waals surface area (Å²) in [6.45, 7) is 1.13. The molecule has 2 aliphatic rings. The number of esters is 1. The molecule has 6 nitrogen and oxygen atoms in total. The molecular formula is C17H31NO5S. The number of nitrogens with zero attached hydrogens (tertiary/aromatic N) is 1. The minimum absolute atomic E-state index is 0.0188. The Labute approximate surface area is 145 Å². The van der Waals surface area contributed by atoms with E-state index in [0.717, 1.165) is 36.7 Å². The van der Waals surface area contributed by atoms with Crippen molar-refractivity contribution in [3.63, 3.8) is 0 Å². The van der Waals surface area contributed by atoms with E-state index in [1.165, 1.54) is 0 Å². The van der Waals surface area contributed by atoms with Crippen LogP contribution in [0.1, 0.15) is 51.4 Å². The Bertz CT molecular complexity index is 524. The molecule has 2 fully saturated rings. The molecule has 0 heterocycles. The molecule has 0 N–H and O–H groups in total. The molecule has 2 aliphatic carbocycles. The van der Waals surface area contributed by atoms with E-state index in [9.17, 15) is 17.8 Å². The van der Waals surface area contributed by atoms with E-state index in [-0.39, 0.29) is 18.0 Å². The van der Waals surface area contributed by atoms with E-state index < -0.39 is 15.4 Å². The Morgan fingerprint density at radius 3 is 2.00 bits per heavy atom. The summed E-state index contributed by atoms with van der Waals surface area (Å²) >= 11 is 0. The Morgan fingerprint density at radius 1 is 1.00 bits per heavy atom. The zero-order valence-electron chi connectivity index (χ0n) is 15.1. The van der Waals surface area contributed by atoms with E-state index in [4.69, 9.17) is 4.74 Å². The highest BCUT2D eigenvalue weighted by atomic mass is 32.2. The van der Waals surface area contributed by atoms with Crippen molar-refractivity contribution in [3.05, 3.63) is 0 Å². The summed E-state index contributed by atoms with van der Waals surface area (Å²) in [7, 11) is 2.37. The van der Waals surface area contributed by atoms with Crippen molar-refractivity contribution >= 4 is 16.1 Å². The summed E-state index contributed by atoms with van der Waals surface area (Å²) < 4.78 is 39.6. The van der Waals surface area contributed by atoms with Crippen molar-refractivity contribution in [2.24, 2.45) is 11.8 Å². The molecule has 0 saturated heterocycles. The van der Waals surface area contributed by atoms with E-state index in [1.807, 2.05) is 0 Å². The molecule has 0 amide bonds. The van der Waals surface area contributed by atoms with Crippen molar-refractivity contribution in [2.75, 3.05) is 27.7 Å². The lowest BCUT2D eigenvalue weighted by Crippen LogP contribution is -2.41. The van der Waals surface area contributed by atoms with Crippen molar-refractivity contribution in [3.8, 4) is 0 Å². The molecule has 0 radical (unpaired) electrons. The normalized spacial score (nSPS) is 32.3. The summed E-state index contributed by atoms with van der Waals surface area (Å²) in [6.07, 6.45) is 5.25. The van der Waals surface area contributed by atoms with Gasteiger partial charge in [-0.15, -0.1) is 0 Å². The third-order valence-corrected chi connectivity index (χ3v) is 6.59. The zero-order chi connectivity index (χ0) is 18.0. The fourth-order valence-corrected chi connectivity index (χ4v) is 4.90. The van der Waals surface area contributed by atoms with Gasteiger partial charge in [-0.05, 0) is 51.4 Å². The molecule has 0 aromatic rings. The minimum atomic E-state index is -4.21. The van der Waals surface area contributed by atoms with Gasteiger partial charge in [0.2, 0.25) is 0 Å². The van der Waals surface area contributed by atoms with Crippen molar-refractivity contribution < 1.29 is 27.0 Å². The first-order valence-corrected chi connectivity index (χ1v) is 10.5. The van der Waals surface area contributed by atoms with Crippen LogP contribution < -0.4 is 0 Å². The second kappa shape index (κ2) is 7.70. The van der Waals surface area contributed by atoms with Gasteiger partial charge in [0.05, 0.1) is 43.7 Å². The number of rotatable bonds is 5. The topological polar surface area (TPSA) is 83.5 Å². The maximum Gasteiger partial charge on any atom is 0.309 e. The molecule has 0 aromatic heterocycles. The van der Waals surface area contributed by atoms with Crippen LogP contribution in [-0.4, -0.2) is 62.5 Å². The van der Waals surface area contributed by atoms with Gasteiger partial charge in [0.25, 0.3) is 0 Å². The van der Waals surface area contributed by atoms with Crippen molar-refractivity contribution in [2.45, 2.75) is 62.7 Å². The molecule has 0 bridgehead atoms. The van der Waals surface area contributed by atoms with Gasteiger partial charge < -0.3 is 13.8 Å². The van der Waals surface area contributed by atoms with Gasteiger partial charge in [-0.25, -0.2) is 8.42 Å². The predicted molar refractivity (Wildman–Crippen MR) is 90.2 cm³/mol. The fourth-order valence-electron chi connectivity index (χ4n) is 4.05. The number of hydrogen-bond acceptors (Lipinski definition) is 5. The zero-order valence-corrected chi connectivity index (χ0v) is 15.9. The van der Waals surface area contributed by atoms with Gasteiger partial charge >= 0.3 is 5.97 Å². The Balaban J connectivity index is 1.73. The molecule has 0 spiro atoms. The molecule has 0 aromatic carbocycles. The van der Waals surface area contributed by atoms with Crippen LogP contribution in [-0.2, 0) is 19.6 Å². The first-order chi connectivity index (χ1) is 11.0. The van der Waals surface area contributed by atoms with Gasteiger partial charge in [0, 0.05) is 11.2 Å². The van der Waals surface area contributed by atoms with Gasteiger partial charge in [-0.1, -0.05) is 0 Å². The summed E-state index contributed by atoms with van der Waals surface area (Å²) in [5.41, 5.74) is 0. The Morgan fingerprint density at radius 2 is 1.54 bits per heavy atom. The van der Waals surface area contributed by atoms with Crippen LogP contribution in [0.5, 0.6) is 0 Å². The van der Waals surface area contributed by atoms with E-state index in [1.54, 1.807) is 0 Å². The SMILES string of the molecule is C[N+](C)(C)CC1CCC(C(=O)OC2CCC(S(=O)(=O)[O-])CC2)CC1. The lowest BCUT2D eigenvalue weighted by atomic mass is 9.81. The average Bonchev–Trinajstić information content (AvgIpc) is 2.46. The van der Waals surface area contributed by atoms with Crippen LogP contribution in [0.4, 0.5) is 0 Å². The molecule has 7 heteroatoms. The molecule has 0 aliphatic heterocycles.